The maximum atomic E-state index is 15.2. The normalized spacial score (nSPS) is 20.8. The van der Waals surface area contributed by atoms with Gasteiger partial charge in [0.1, 0.15) is 11.0 Å². The maximum Gasteiger partial charge on any atom is 0.244 e. The van der Waals surface area contributed by atoms with Gasteiger partial charge in [-0.25, -0.2) is 13.6 Å². The zero-order valence-corrected chi connectivity index (χ0v) is 19.1. The van der Waals surface area contributed by atoms with Gasteiger partial charge in [-0.1, -0.05) is 11.3 Å². The van der Waals surface area contributed by atoms with Gasteiger partial charge in [-0.15, -0.1) is 10.2 Å². The summed E-state index contributed by atoms with van der Waals surface area (Å²) in [5, 5.41) is 26.1. The highest BCUT2D eigenvalue weighted by molar-refractivity contribution is 5.89. The number of aryl methyl sites for hydroxylation is 1. The SMILES string of the molecule is COc1nc(NC2CCC(C)(O)CC2)nn2cc(F)c(-c3ccc4nnn(CCCF)c4c3)c12. The Hall–Kier alpha value is -3.34. The lowest BCUT2D eigenvalue weighted by molar-refractivity contribution is 0.0195. The van der Waals surface area contributed by atoms with Crippen LogP contribution in [0.25, 0.3) is 27.7 Å². The average molecular weight is 472 g/mol. The van der Waals surface area contributed by atoms with Crippen LogP contribution in [0.3, 0.4) is 0 Å². The fourth-order valence-corrected chi connectivity index (χ4v) is 4.56. The quantitative estimate of drug-likeness (QED) is 0.423. The number of rotatable bonds is 7. The Morgan fingerprint density at radius 3 is 2.82 bits per heavy atom. The van der Waals surface area contributed by atoms with Crippen LogP contribution >= 0.6 is 0 Å². The van der Waals surface area contributed by atoms with Crippen molar-refractivity contribution in [3.05, 3.63) is 30.2 Å². The van der Waals surface area contributed by atoms with E-state index in [1.807, 2.05) is 6.92 Å². The van der Waals surface area contributed by atoms with E-state index >= 15 is 4.39 Å². The molecule has 3 heterocycles. The molecule has 2 N–H and O–H groups in total. The first kappa shape index (κ1) is 22.5. The zero-order chi connectivity index (χ0) is 23.9. The van der Waals surface area contributed by atoms with E-state index in [9.17, 15) is 9.50 Å². The van der Waals surface area contributed by atoms with Gasteiger partial charge in [0.2, 0.25) is 11.8 Å². The highest BCUT2D eigenvalue weighted by atomic mass is 19.1. The predicted octanol–water partition coefficient (Wildman–Crippen LogP) is 3.75. The molecule has 1 aromatic carbocycles. The molecular formula is C23H27F2N7O2. The van der Waals surface area contributed by atoms with E-state index in [1.54, 1.807) is 22.9 Å². The minimum atomic E-state index is -0.642. The topological polar surface area (TPSA) is 102 Å². The fraction of sp³-hybridized carbons (Fsp3) is 0.478. The van der Waals surface area contributed by atoms with Crippen LogP contribution < -0.4 is 10.1 Å². The summed E-state index contributed by atoms with van der Waals surface area (Å²) in [4.78, 5) is 4.49. The van der Waals surface area contributed by atoms with Gasteiger partial charge >= 0.3 is 0 Å². The lowest BCUT2D eigenvalue weighted by atomic mass is 9.84. The molecule has 0 aliphatic heterocycles. The number of hydrogen-bond acceptors (Lipinski definition) is 7. The van der Waals surface area contributed by atoms with Crippen LogP contribution in [0.5, 0.6) is 5.88 Å². The Morgan fingerprint density at radius 2 is 2.09 bits per heavy atom. The molecule has 1 aliphatic rings. The number of fused-ring (bicyclic) bond motifs is 2. The van der Waals surface area contributed by atoms with Crippen molar-refractivity contribution in [2.24, 2.45) is 0 Å². The number of anilines is 1. The van der Waals surface area contributed by atoms with Crippen LogP contribution in [0.15, 0.2) is 24.4 Å². The predicted molar refractivity (Wildman–Crippen MR) is 123 cm³/mol. The Morgan fingerprint density at radius 1 is 1.29 bits per heavy atom. The summed E-state index contributed by atoms with van der Waals surface area (Å²) in [5.74, 6) is 0.102. The summed E-state index contributed by atoms with van der Waals surface area (Å²) in [6, 6.07) is 5.41. The second-order valence-corrected chi connectivity index (χ2v) is 9.06. The molecule has 5 rings (SSSR count). The van der Waals surface area contributed by atoms with Gasteiger partial charge in [-0.05, 0) is 56.7 Å². The molecule has 0 amide bonds. The number of ether oxygens (including phenoxy) is 1. The molecule has 11 heteroatoms. The summed E-state index contributed by atoms with van der Waals surface area (Å²) in [7, 11) is 1.48. The van der Waals surface area contributed by atoms with Gasteiger partial charge in [0.15, 0.2) is 5.82 Å². The van der Waals surface area contributed by atoms with E-state index in [4.69, 9.17) is 4.74 Å². The van der Waals surface area contributed by atoms with Crippen LogP contribution in [0.4, 0.5) is 14.7 Å². The molecule has 0 atom stereocenters. The van der Waals surface area contributed by atoms with Gasteiger partial charge in [0.05, 0.1) is 36.7 Å². The average Bonchev–Trinajstić information content (AvgIpc) is 3.37. The molecule has 4 aromatic rings. The molecule has 1 aliphatic carbocycles. The van der Waals surface area contributed by atoms with Gasteiger partial charge in [0, 0.05) is 12.6 Å². The van der Waals surface area contributed by atoms with Crippen LogP contribution in [-0.2, 0) is 6.54 Å². The minimum Gasteiger partial charge on any atom is -0.479 e. The monoisotopic (exact) mass is 471 g/mol. The lowest BCUT2D eigenvalue weighted by Gasteiger charge is -2.33. The molecule has 180 valence electrons. The standard InChI is InChI=1S/C23H27F2N7O2/c1-23(33)8-6-15(7-9-23)26-22-27-21(34-2)20-19(16(25)13-32(20)29-22)14-4-5-17-18(12-14)31(30-28-17)11-3-10-24/h4-5,12-13,15,33H,3,6-11H2,1-2H3,(H,26,29). The number of aliphatic hydroxyl groups is 1. The third-order valence-corrected chi connectivity index (χ3v) is 6.45. The number of hydrogen-bond donors (Lipinski definition) is 2. The number of benzene rings is 1. The Kier molecular flexibility index (Phi) is 5.80. The van der Waals surface area contributed by atoms with Crippen molar-refractivity contribution < 1.29 is 18.6 Å². The molecule has 34 heavy (non-hydrogen) atoms. The number of methoxy groups -OCH3 is 1. The van der Waals surface area contributed by atoms with E-state index in [0.717, 1.165) is 12.8 Å². The molecule has 0 spiro atoms. The molecule has 1 saturated carbocycles. The zero-order valence-electron chi connectivity index (χ0n) is 19.1. The van der Waals surface area contributed by atoms with Crippen LogP contribution in [0, 0.1) is 5.82 Å². The van der Waals surface area contributed by atoms with E-state index in [-0.39, 0.29) is 11.9 Å². The van der Waals surface area contributed by atoms with Crippen molar-refractivity contribution in [3.8, 4) is 17.0 Å². The first-order valence-electron chi connectivity index (χ1n) is 11.4. The highest BCUT2D eigenvalue weighted by Gasteiger charge is 2.29. The molecule has 9 nitrogen and oxygen atoms in total. The van der Waals surface area contributed by atoms with Gasteiger partial charge < -0.3 is 15.2 Å². The van der Waals surface area contributed by atoms with Crippen molar-refractivity contribution in [3.63, 3.8) is 0 Å². The Balaban J connectivity index is 1.52. The van der Waals surface area contributed by atoms with Crippen LogP contribution in [0.2, 0.25) is 0 Å². The van der Waals surface area contributed by atoms with Crippen LogP contribution in [0.1, 0.15) is 39.0 Å². The first-order chi connectivity index (χ1) is 16.4. The van der Waals surface area contributed by atoms with E-state index in [2.05, 4.69) is 25.7 Å². The Bertz CT molecular complexity index is 1320. The molecule has 0 radical (unpaired) electrons. The second-order valence-electron chi connectivity index (χ2n) is 9.06. The third-order valence-electron chi connectivity index (χ3n) is 6.45. The minimum absolute atomic E-state index is 0.113. The smallest absolute Gasteiger partial charge is 0.244 e. The van der Waals surface area contributed by atoms with Crippen molar-refractivity contribution in [1.29, 1.82) is 0 Å². The second kappa shape index (κ2) is 8.79. The maximum absolute atomic E-state index is 15.2. The fourth-order valence-electron chi connectivity index (χ4n) is 4.56. The number of nitrogens with one attached hydrogen (secondary N) is 1. The van der Waals surface area contributed by atoms with Crippen molar-refractivity contribution in [2.45, 2.75) is 57.2 Å². The first-order valence-corrected chi connectivity index (χ1v) is 11.4. The summed E-state index contributed by atoms with van der Waals surface area (Å²) in [6.07, 6.45) is 4.56. The number of nitrogens with zero attached hydrogens (tertiary/aromatic N) is 6. The highest BCUT2D eigenvalue weighted by Crippen LogP contribution is 2.36. The van der Waals surface area contributed by atoms with Gasteiger partial charge in [-0.3, -0.25) is 4.39 Å². The molecule has 0 saturated heterocycles. The van der Waals surface area contributed by atoms with Crippen molar-refractivity contribution in [2.75, 3.05) is 19.1 Å². The van der Waals surface area contributed by atoms with Crippen LogP contribution in [-0.4, -0.2) is 60.1 Å². The van der Waals surface area contributed by atoms with E-state index in [0.29, 0.717) is 59.4 Å². The number of aromatic nitrogens is 6. The third kappa shape index (κ3) is 4.15. The van der Waals surface area contributed by atoms with E-state index in [1.165, 1.54) is 17.8 Å². The van der Waals surface area contributed by atoms with Gasteiger partial charge in [-0.2, -0.15) is 4.98 Å². The number of alkyl halides is 1. The molecule has 0 bridgehead atoms. The largest absolute Gasteiger partial charge is 0.479 e. The molecular weight excluding hydrogens is 444 g/mol. The molecule has 1 fully saturated rings. The molecule has 0 unspecified atom stereocenters. The summed E-state index contributed by atoms with van der Waals surface area (Å²) in [5.41, 5.74) is 1.99. The van der Waals surface area contributed by atoms with E-state index < -0.39 is 18.1 Å². The van der Waals surface area contributed by atoms with Crippen molar-refractivity contribution >= 4 is 22.5 Å². The Labute approximate surface area is 194 Å². The van der Waals surface area contributed by atoms with Gasteiger partial charge in [0.25, 0.3) is 0 Å². The lowest BCUT2D eigenvalue weighted by Crippen LogP contribution is -2.36. The number of halogens is 2. The van der Waals surface area contributed by atoms with Crippen molar-refractivity contribution in [1.82, 2.24) is 29.6 Å². The molecule has 3 aromatic heterocycles. The summed E-state index contributed by atoms with van der Waals surface area (Å²) in [6.45, 7) is 1.78. The summed E-state index contributed by atoms with van der Waals surface area (Å²) < 4.78 is 36.5. The summed E-state index contributed by atoms with van der Waals surface area (Å²) >= 11 is 0.